The van der Waals surface area contributed by atoms with Crippen LogP contribution in [0.4, 0.5) is 5.82 Å². The number of anilines is 1. The quantitative estimate of drug-likeness (QED) is 0.582. The van der Waals surface area contributed by atoms with Gasteiger partial charge in [0.25, 0.3) is 0 Å². The molecule has 0 atom stereocenters. The summed E-state index contributed by atoms with van der Waals surface area (Å²) in [4.78, 5) is 4.58. The number of nitrogen functional groups attached to an aromatic ring is 1. The average Bonchev–Trinajstić information content (AvgIpc) is 2.52. The van der Waals surface area contributed by atoms with E-state index in [2.05, 4.69) is 45.7 Å². The molecule has 1 aromatic carbocycles. The number of aryl methyl sites for hydroxylation is 1. The van der Waals surface area contributed by atoms with Crippen molar-refractivity contribution in [2.75, 3.05) is 12.3 Å². The lowest BCUT2D eigenvalue weighted by atomic mass is 10.0. The minimum atomic E-state index is 0.633. The lowest BCUT2D eigenvalue weighted by Gasteiger charge is -2.09. The van der Waals surface area contributed by atoms with E-state index in [1.165, 1.54) is 12.8 Å². The minimum Gasteiger partial charge on any atom is -0.383 e. The molecule has 23 heavy (non-hydrogen) atoms. The number of benzene rings is 1. The van der Waals surface area contributed by atoms with E-state index >= 15 is 0 Å². The van der Waals surface area contributed by atoms with Crippen LogP contribution in [0.25, 0.3) is 10.9 Å². The molecule has 1 aromatic heterocycles. The maximum atomic E-state index is 6.13. The van der Waals surface area contributed by atoms with Gasteiger partial charge in [-0.2, -0.15) is 0 Å². The maximum absolute atomic E-state index is 6.13. The van der Waals surface area contributed by atoms with Crippen LogP contribution in [-0.4, -0.2) is 11.5 Å². The van der Waals surface area contributed by atoms with Crippen molar-refractivity contribution >= 4 is 32.7 Å². The molecule has 3 nitrogen and oxygen atoms in total. The van der Waals surface area contributed by atoms with E-state index in [-0.39, 0.29) is 0 Å². The Morgan fingerprint density at radius 2 is 2.00 bits per heavy atom. The number of hydrogen-bond acceptors (Lipinski definition) is 3. The van der Waals surface area contributed by atoms with Gasteiger partial charge in [-0.15, -0.1) is 0 Å². The van der Waals surface area contributed by atoms with Crippen molar-refractivity contribution in [3.05, 3.63) is 33.8 Å². The molecule has 0 unspecified atom stereocenters. The van der Waals surface area contributed by atoms with E-state index in [0.29, 0.717) is 12.4 Å². The first-order valence-electron chi connectivity index (χ1n) is 8.23. The summed E-state index contributed by atoms with van der Waals surface area (Å²) in [7, 11) is 0. The fraction of sp³-hybridized carbons (Fsp3) is 0.421. The van der Waals surface area contributed by atoms with E-state index in [9.17, 15) is 0 Å². The minimum absolute atomic E-state index is 0.633. The highest BCUT2D eigenvalue weighted by atomic mass is 79.9. The van der Waals surface area contributed by atoms with E-state index in [1.807, 2.05) is 12.1 Å². The smallest absolute Gasteiger partial charge is 0.127 e. The van der Waals surface area contributed by atoms with Crippen molar-refractivity contribution in [3.63, 3.8) is 0 Å². The molecule has 2 rings (SSSR count). The van der Waals surface area contributed by atoms with Crippen LogP contribution in [-0.2, 0) is 6.42 Å². The zero-order valence-electron chi connectivity index (χ0n) is 13.7. The SMILES string of the molecule is CCCCCc1cc2c(C#CCCCN)cc(Br)cc2nc1N. The molecule has 4 N–H and O–H groups in total. The number of nitrogens with two attached hydrogens (primary N) is 2. The number of halogens is 1. The molecule has 2 aromatic rings. The van der Waals surface area contributed by atoms with Crippen molar-refractivity contribution in [1.82, 2.24) is 4.98 Å². The van der Waals surface area contributed by atoms with Crippen molar-refractivity contribution in [1.29, 1.82) is 0 Å². The van der Waals surface area contributed by atoms with Crippen LogP contribution in [0.1, 0.15) is 50.2 Å². The van der Waals surface area contributed by atoms with Crippen LogP contribution in [0, 0.1) is 11.8 Å². The standard InChI is InChI=1S/C19H24BrN3/c1-2-3-5-9-15-12-17-14(8-6-4-7-10-21)11-16(20)13-18(17)23-19(15)22/h11-13H,2-5,7,9-10,21H2,1H3,(H2,22,23). The molecule has 0 fully saturated rings. The van der Waals surface area contributed by atoms with Crippen LogP contribution < -0.4 is 11.5 Å². The fourth-order valence-electron chi connectivity index (χ4n) is 2.51. The first kappa shape index (κ1) is 17.8. The Morgan fingerprint density at radius 3 is 2.74 bits per heavy atom. The molecule has 0 saturated carbocycles. The molecule has 0 spiro atoms. The molecule has 0 amide bonds. The number of hydrogen-bond donors (Lipinski definition) is 2. The maximum Gasteiger partial charge on any atom is 0.127 e. The van der Waals surface area contributed by atoms with Gasteiger partial charge in [0.2, 0.25) is 0 Å². The lowest BCUT2D eigenvalue weighted by Crippen LogP contribution is -2.00. The van der Waals surface area contributed by atoms with Crippen LogP contribution in [0.3, 0.4) is 0 Å². The second kappa shape index (κ2) is 8.90. The zero-order valence-corrected chi connectivity index (χ0v) is 15.2. The van der Waals surface area contributed by atoms with Gasteiger partial charge in [-0.05, 0) is 49.6 Å². The van der Waals surface area contributed by atoms with E-state index in [0.717, 1.165) is 52.2 Å². The number of pyridine rings is 1. The third-order valence-corrected chi connectivity index (χ3v) is 4.25. The van der Waals surface area contributed by atoms with E-state index in [4.69, 9.17) is 11.5 Å². The molecule has 1 heterocycles. The molecule has 4 heteroatoms. The molecular formula is C19H24BrN3. The van der Waals surface area contributed by atoms with Crippen molar-refractivity contribution < 1.29 is 0 Å². The largest absolute Gasteiger partial charge is 0.383 e. The highest BCUT2D eigenvalue weighted by molar-refractivity contribution is 9.10. The first-order chi connectivity index (χ1) is 11.2. The molecule has 0 aliphatic heterocycles. The number of rotatable bonds is 6. The molecule has 0 aliphatic rings. The van der Waals surface area contributed by atoms with Crippen LogP contribution in [0.5, 0.6) is 0 Å². The molecule has 0 radical (unpaired) electrons. The number of nitrogens with zero attached hydrogens (tertiary/aromatic N) is 1. The third-order valence-electron chi connectivity index (χ3n) is 3.79. The summed E-state index contributed by atoms with van der Waals surface area (Å²) in [5.41, 5.74) is 14.7. The Hall–Kier alpha value is -1.57. The van der Waals surface area contributed by atoms with Gasteiger partial charge in [0.05, 0.1) is 5.52 Å². The van der Waals surface area contributed by atoms with Gasteiger partial charge in [-0.3, -0.25) is 0 Å². The Morgan fingerprint density at radius 1 is 1.17 bits per heavy atom. The topological polar surface area (TPSA) is 64.9 Å². The Bertz CT molecular complexity index is 729. The summed E-state index contributed by atoms with van der Waals surface area (Å²) in [5.74, 6) is 7.09. The highest BCUT2D eigenvalue weighted by Crippen LogP contribution is 2.26. The van der Waals surface area contributed by atoms with Gasteiger partial charge in [-0.1, -0.05) is 47.5 Å². The number of aromatic nitrogens is 1. The summed E-state index contributed by atoms with van der Waals surface area (Å²) in [6.45, 7) is 2.88. The summed E-state index contributed by atoms with van der Waals surface area (Å²) >= 11 is 3.53. The number of fused-ring (bicyclic) bond motifs is 1. The van der Waals surface area contributed by atoms with Crippen LogP contribution in [0.15, 0.2) is 22.7 Å². The molecule has 0 aliphatic carbocycles. The lowest BCUT2D eigenvalue weighted by molar-refractivity contribution is 0.718. The second-order valence-electron chi connectivity index (χ2n) is 5.70. The molecular weight excluding hydrogens is 350 g/mol. The Balaban J connectivity index is 2.40. The summed E-state index contributed by atoms with van der Waals surface area (Å²) in [6, 6.07) is 6.20. The predicted molar refractivity (Wildman–Crippen MR) is 102 cm³/mol. The van der Waals surface area contributed by atoms with Gasteiger partial charge in [-0.25, -0.2) is 4.98 Å². The highest BCUT2D eigenvalue weighted by Gasteiger charge is 2.08. The van der Waals surface area contributed by atoms with Gasteiger partial charge in [0.15, 0.2) is 0 Å². The van der Waals surface area contributed by atoms with Gasteiger partial charge < -0.3 is 11.5 Å². The average molecular weight is 374 g/mol. The van der Waals surface area contributed by atoms with Crippen molar-refractivity contribution in [2.24, 2.45) is 5.73 Å². The fourth-order valence-corrected chi connectivity index (χ4v) is 2.96. The van der Waals surface area contributed by atoms with Gasteiger partial charge >= 0.3 is 0 Å². The predicted octanol–water partition coefficient (Wildman–Crippen LogP) is 4.40. The summed E-state index contributed by atoms with van der Waals surface area (Å²) in [5, 5.41) is 1.08. The van der Waals surface area contributed by atoms with Crippen molar-refractivity contribution in [3.8, 4) is 11.8 Å². The Kier molecular flexibility index (Phi) is 6.88. The molecule has 0 bridgehead atoms. The van der Waals surface area contributed by atoms with Crippen LogP contribution in [0.2, 0.25) is 0 Å². The van der Waals surface area contributed by atoms with E-state index < -0.39 is 0 Å². The monoisotopic (exact) mass is 373 g/mol. The third kappa shape index (κ3) is 4.95. The van der Waals surface area contributed by atoms with Crippen LogP contribution >= 0.6 is 15.9 Å². The number of unbranched alkanes of at least 4 members (excludes halogenated alkanes) is 3. The van der Waals surface area contributed by atoms with Crippen molar-refractivity contribution in [2.45, 2.75) is 45.4 Å². The normalized spacial score (nSPS) is 10.6. The van der Waals surface area contributed by atoms with E-state index in [1.54, 1.807) is 0 Å². The second-order valence-corrected chi connectivity index (χ2v) is 6.62. The first-order valence-corrected chi connectivity index (χ1v) is 9.02. The van der Waals surface area contributed by atoms with Gasteiger partial charge in [0.1, 0.15) is 5.82 Å². The Labute approximate surface area is 147 Å². The summed E-state index contributed by atoms with van der Waals surface area (Å²) < 4.78 is 0.971. The zero-order chi connectivity index (χ0) is 16.7. The molecule has 0 saturated heterocycles. The molecule has 122 valence electrons. The van der Waals surface area contributed by atoms with Gasteiger partial charge in [0, 0.05) is 21.8 Å². The summed E-state index contributed by atoms with van der Waals surface area (Å²) in [6.07, 6.45) is 6.26.